The van der Waals surface area contributed by atoms with Gasteiger partial charge in [-0.2, -0.15) is 0 Å². The van der Waals surface area contributed by atoms with Crippen molar-refractivity contribution in [2.24, 2.45) is 5.41 Å². The smallest absolute Gasteiger partial charge is 0.186 e. The van der Waals surface area contributed by atoms with Gasteiger partial charge in [-0.05, 0) is 42.0 Å². The summed E-state index contributed by atoms with van der Waals surface area (Å²) in [5.74, 6) is -1.72. The van der Waals surface area contributed by atoms with E-state index in [9.17, 15) is 18.8 Å². The van der Waals surface area contributed by atoms with E-state index < -0.39 is 29.2 Å². The molecular weight excluding hydrogens is 507 g/mol. The first kappa shape index (κ1) is 24.2. The van der Waals surface area contributed by atoms with Gasteiger partial charge in [-0.1, -0.05) is 54.6 Å². The summed E-state index contributed by atoms with van der Waals surface area (Å²) in [6.45, 7) is 0. The van der Waals surface area contributed by atoms with Gasteiger partial charge >= 0.3 is 0 Å². The van der Waals surface area contributed by atoms with Crippen molar-refractivity contribution in [1.82, 2.24) is 4.98 Å². The van der Waals surface area contributed by atoms with Crippen molar-refractivity contribution in [2.45, 2.75) is 18.0 Å². The maximum atomic E-state index is 14.6. The van der Waals surface area contributed by atoms with E-state index in [1.54, 1.807) is 85.2 Å². The van der Waals surface area contributed by atoms with E-state index in [4.69, 9.17) is 4.74 Å². The molecule has 196 valence electrons. The van der Waals surface area contributed by atoms with Crippen molar-refractivity contribution < 1.29 is 23.5 Å². The van der Waals surface area contributed by atoms with Gasteiger partial charge in [-0.3, -0.25) is 19.4 Å². The lowest BCUT2D eigenvalue weighted by Crippen LogP contribution is -2.48. The van der Waals surface area contributed by atoms with Crippen molar-refractivity contribution in [1.29, 1.82) is 0 Å². The standard InChI is InChI=1S/C33H23FN2O4/c1-40-23-8-4-6-20(17-23)30(37)29-28(21-7-5-15-35-18-21)33(31(38)24-9-2-3-10-25(24)32(33)39)27-14-11-19-16-22(34)12-13-26(19)36(27)29/h2-18,27-29H,1H3/t27-,28+,29+/m1/s1. The van der Waals surface area contributed by atoms with Crippen LogP contribution < -0.4 is 9.64 Å². The number of carbonyl (C=O) groups excluding carboxylic acids is 3. The Morgan fingerprint density at radius 1 is 0.950 bits per heavy atom. The van der Waals surface area contributed by atoms with Crippen LogP contribution in [0.3, 0.4) is 0 Å². The molecule has 1 aliphatic carbocycles. The van der Waals surface area contributed by atoms with Crippen LogP contribution in [0.4, 0.5) is 10.1 Å². The Balaban J connectivity index is 1.54. The number of aromatic nitrogens is 1. The summed E-state index contributed by atoms with van der Waals surface area (Å²) >= 11 is 0. The topological polar surface area (TPSA) is 76.6 Å². The number of hydrogen-bond acceptors (Lipinski definition) is 6. The molecule has 0 radical (unpaired) electrons. The third-order valence-electron chi connectivity index (χ3n) is 8.43. The average molecular weight is 531 g/mol. The Labute approximate surface area is 229 Å². The number of anilines is 1. The number of ether oxygens (including phenoxy) is 1. The van der Waals surface area contributed by atoms with E-state index in [1.165, 1.54) is 19.2 Å². The summed E-state index contributed by atoms with van der Waals surface area (Å²) in [5, 5.41) is 0. The summed E-state index contributed by atoms with van der Waals surface area (Å²) in [6, 6.07) is 19.8. The number of rotatable bonds is 4. The molecule has 7 heteroatoms. The van der Waals surface area contributed by atoms with E-state index in [0.29, 0.717) is 39.3 Å². The third-order valence-corrected chi connectivity index (χ3v) is 8.43. The minimum Gasteiger partial charge on any atom is -0.497 e. The highest BCUT2D eigenvalue weighted by Crippen LogP contribution is 2.60. The number of nitrogens with zero attached hydrogens (tertiary/aromatic N) is 2. The lowest BCUT2D eigenvalue weighted by molar-refractivity contribution is 0.0665. The second kappa shape index (κ2) is 8.81. The molecule has 3 atom stereocenters. The molecule has 0 saturated carbocycles. The van der Waals surface area contributed by atoms with Crippen LogP contribution in [-0.4, -0.2) is 41.5 Å². The number of Topliss-reactive ketones (excluding diaryl/α,β-unsaturated/α-hetero) is 3. The highest BCUT2D eigenvalue weighted by atomic mass is 19.1. The zero-order valence-electron chi connectivity index (χ0n) is 21.5. The maximum absolute atomic E-state index is 14.6. The van der Waals surface area contributed by atoms with Gasteiger partial charge in [0.25, 0.3) is 0 Å². The van der Waals surface area contributed by atoms with Gasteiger partial charge in [0.05, 0.1) is 13.2 Å². The number of benzene rings is 3. The molecule has 6 nitrogen and oxygen atoms in total. The molecule has 1 fully saturated rings. The first-order chi connectivity index (χ1) is 19.5. The van der Waals surface area contributed by atoms with Crippen LogP contribution in [0.5, 0.6) is 5.75 Å². The van der Waals surface area contributed by atoms with E-state index in [1.807, 2.05) is 11.0 Å². The minimum atomic E-state index is -1.63. The van der Waals surface area contributed by atoms with E-state index in [-0.39, 0.29) is 17.3 Å². The molecule has 1 spiro atoms. The molecule has 4 aromatic rings. The molecule has 40 heavy (non-hydrogen) atoms. The van der Waals surface area contributed by atoms with Gasteiger partial charge in [0.2, 0.25) is 0 Å². The van der Waals surface area contributed by atoms with Crippen LogP contribution in [0, 0.1) is 11.2 Å². The molecule has 0 N–H and O–H groups in total. The molecular formula is C33H23FN2O4. The number of methoxy groups -OCH3 is 1. The van der Waals surface area contributed by atoms with Gasteiger partial charge < -0.3 is 9.64 Å². The number of carbonyl (C=O) groups is 3. The SMILES string of the molecule is COc1cccc(C(=O)[C@@H]2[C@H](c3cccnc3)C3(C(=O)c4ccccc4C3=O)[C@H]3C=Cc4cc(F)ccc4N23)c1. The van der Waals surface area contributed by atoms with Gasteiger partial charge in [0.1, 0.15) is 23.0 Å². The summed E-state index contributed by atoms with van der Waals surface area (Å²) in [6.07, 6.45) is 6.74. The Hall–Kier alpha value is -4.91. The van der Waals surface area contributed by atoms with E-state index in [2.05, 4.69) is 4.98 Å². The predicted octanol–water partition coefficient (Wildman–Crippen LogP) is 5.55. The molecule has 7 rings (SSSR count). The number of pyridine rings is 1. The second-order valence-electron chi connectivity index (χ2n) is 10.3. The Morgan fingerprint density at radius 3 is 2.42 bits per heavy atom. The number of ketones is 3. The molecule has 0 unspecified atom stereocenters. The first-order valence-corrected chi connectivity index (χ1v) is 13.0. The molecule has 0 amide bonds. The van der Waals surface area contributed by atoms with Crippen molar-refractivity contribution in [3.05, 3.63) is 131 Å². The fraction of sp³-hybridized carbons (Fsp3) is 0.152. The Kier molecular flexibility index (Phi) is 5.32. The summed E-state index contributed by atoms with van der Waals surface area (Å²) in [7, 11) is 1.52. The molecule has 3 heterocycles. The Bertz CT molecular complexity index is 1710. The van der Waals surface area contributed by atoms with Crippen LogP contribution in [-0.2, 0) is 0 Å². The highest BCUT2D eigenvalue weighted by Gasteiger charge is 2.71. The molecule has 0 bridgehead atoms. The molecule has 3 aromatic carbocycles. The van der Waals surface area contributed by atoms with Crippen LogP contribution in [0.2, 0.25) is 0 Å². The van der Waals surface area contributed by atoms with Crippen molar-refractivity contribution in [3.8, 4) is 5.75 Å². The molecule has 2 aliphatic heterocycles. The zero-order valence-corrected chi connectivity index (χ0v) is 21.5. The first-order valence-electron chi connectivity index (χ1n) is 13.0. The van der Waals surface area contributed by atoms with Gasteiger partial charge in [0, 0.05) is 46.3 Å². The molecule has 1 saturated heterocycles. The fourth-order valence-electron chi connectivity index (χ4n) is 6.83. The zero-order chi connectivity index (χ0) is 27.6. The van der Waals surface area contributed by atoms with Gasteiger partial charge in [0.15, 0.2) is 17.3 Å². The van der Waals surface area contributed by atoms with Crippen LogP contribution in [0.15, 0.2) is 97.3 Å². The third kappa shape index (κ3) is 3.14. The summed E-state index contributed by atoms with van der Waals surface area (Å²) < 4.78 is 19.7. The van der Waals surface area contributed by atoms with E-state index in [0.717, 1.165) is 0 Å². The molecule has 1 aromatic heterocycles. The normalized spacial score (nSPS) is 21.8. The average Bonchev–Trinajstić information content (AvgIpc) is 3.43. The monoisotopic (exact) mass is 530 g/mol. The predicted molar refractivity (Wildman–Crippen MR) is 147 cm³/mol. The van der Waals surface area contributed by atoms with Gasteiger partial charge in [-0.25, -0.2) is 4.39 Å². The lowest BCUT2D eigenvalue weighted by Gasteiger charge is -2.37. The molecule has 3 aliphatic rings. The second-order valence-corrected chi connectivity index (χ2v) is 10.3. The maximum Gasteiger partial charge on any atom is 0.186 e. The largest absolute Gasteiger partial charge is 0.497 e. The lowest BCUT2D eigenvalue weighted by atomic mass is 9.64. The number of hydrogen-bond donors (Lipinski definition) is 0. The van der Waals surface area contributed by atoms with Crippen molar-refractivity contribution >= 4 is 29.1 Å². The minimum absolute atomic E-state index is 0.281. The highest BCUT2D eigenvalue weighted by molar-refractivity contribution is 6.32. The van der Waals surface area contributed by atoms with E-state index >= 15 is 0 Å². The number of halogens is 1. The van der Waals surface area contributed by atoms with Crippen LogP contribution in [0.1, 0.15) is 48.1 Å². The van der Waals surface area contributed by atoms with Crippen molar-refractivity contribution in [3.63, 3.8) is 0 Å². The fourth-order valence-corrected chi connectivity index (χ4v) is 6.83. The van der Waals surface area contributed by atoms with Crippen molar-refractivity contribution in [2.75, 3.05) is 12.0 Å². The van der Waals surface area contributed by atoms with Gasteiger partial charge in [-0.15, -0.1) is 0 Å². The summed E-state index contributed by atoms with van der Waals surface area (Å²) in [4.78, 5) is 49.9. The Morgan fingerprint density at radius 2 is 1.73 bits per heavy atom. The summed E-state index contributed by atoms with van der Waals surface area (Å²) in [5.41, 5.74) is 1.18. The van der Waals surface area contributed by atoms with Crippen LogP contribution >= 0.6 is 0 Å². The van der Waals surface area contributed by atoms with Crippen LogP contribution in [0.25, 0.3) is 6.08 Å². The quantitative estimate of drug-likeness (QED) is 0.255. The number of fused-ring (bicyclic) bond motifs is 5.